The van der Waals surface area contributed by atoms with Gasteiger partial charge < -0.3 is 0 Å². The lowest BCUT2D eigenvalue weighted by Gasteiger charge is -2.15. The largest absolute Gasteiger partial charge is 0.256 e. The maximum absolute atomic E-state index is 6.89. The van der Waals surface area contributed by atoms with Crippen molar-refractivity contribution in [1.82, 2.24) is 9.97 Å². The van der Waals surface area contributed by atoms with Crippen LogP contribution in [0.1, 0.15) is 0 Å². The zero-order chi connectivity index (χ0) is 34.1. The fourth-order valence-corrected chi connectivity index (χ4v) is 7.43. The van der Waals surface area contributed by atoms with Gasteiger partial charge in [-0.05, 0) is 85.3 Å². The first-order chi connectivity index (χ1) is 25.2. The first kappa shape index (κ1) is 30.7. The van der Waals surface area contributed by atoms with Crippen LogP contribution in [0.15, 0.2) is 188 Å². The topological polar surface area (TPSA) is 25.8 Å². The van der Waals surface area contributed by atoms with Gasteiger partial charge in [0.05, 0.1) is 11.4 Å². The van der Waals surface area contributed by atoms with E-state index in [0.717, 1.165) is 67.0 Å². The number of nitrogens with zero attached hydrogens (tertiary/aromatic N) is 2. The highest BCUT2D eigenvalue weighted by atomic mass is 35.5. The van der Waals surface area contributed by atoms with E-state index in [2.05, 4.69) is 164 Å². The lowest BCUT2D eigenvalue weighted by Crippen LogP contribution is -1.91. The van der Waals surface area contributed by atoms with Crippen LogP contribution in [-0.4, -0.2) is 9.97 Å². The number of aromatic nitrogens is 2. The molecule has 0 N–H and O–H groups in total. The highest BCUT2D eigenvalue weighted by Crippen LogP contribution is 2.40. The molecule has 0 saturated carbocycles. The molecule has 0 unspecified atom stereocenters. The number of benzene rings is 7. The minimum atomic E-state index is 0.681. The van der Waals surface area contributed by atoms with Gasteiger partial charge in [-0.3, -0.25) is 9.97 Å². The zero-order valence-electron chi connectivity index (χ0n) is 27.7. The average molecular weight is 671 g/mol. The fraction of sp³-hybridized carbons (Fsp3) is 0. The molecule has 2 aromatic heterocycles. The average Bonchev–Trinajstić information content (AvgIpc) is 3.20. The van der Waals surface area contributed by atoms with Crippen LogP contribution in [0.3, 0.4) is 0 Å². The van der Waals surface area contributed by atoms with Crippen molar-refractivity contribution in [3.05, 3.63) is 193 Å². The molecule has 0 aliphatic rings. The molecule has 3 heteroatoms. The van der Waals surface area contributed by atoms with Crippen molar-refractivity contribution in [1.29, 1.82) is 0 Å². The summed E-state index contributed by atoms with van der Waals surface area (Å²) in [5.74, 6) is 0. The third-order valence-corrected chi connectivity index (χ3v) is 9.87. The van der Waals surface area contributed by atoms with Crippen LogP contribution in [0, 0.1) is 0 Å². The van der Waals surface area contributed by atoms with E-state index in [1.54, 1.807) is 0 Å². The standard InChI is InChI=1S/C48H31ClN2/c49-38-28-36(43-19-7-5-17-41(43)34-23-25-47(50-30-34)45-21-9-13-32-11-1-3-15-39(32)45)27-37(29-38)44-20-8-6-18-42(44)35-24-26-48(51-31-35)46-22-10-14-33-12-2-4-16-40(33)46/h1-31H. The van der Waals surface area contributed by atoms with Gasteiger partial charge >= 0.3 is 0 Å². The molecule has 2 heterocycles. The Labute approximate surface area is 302 Å². The molecular weight excluding hydrogens is 640 g/mol. The molecule has 0 radical (unpaired) electrons. The van der Waals surface area contributed by atoms with E-state index < -0.39 is 0 Å². The second kappa shape index (κ2) is 13.2. The molecule has 51 heavy (non-hydrogen) atoms. The number of hydrogen-bond acceptors (Lipinski definition) is 2. The Morgan fingerprint density at radius 3 is 1.12 bits per heavy atom. The molecule has 240 valence electrons. The summed E-state index contributed by atoms with van der Waals surface area (Å²) in [5.41, 5.74) is 12.8. The van der Waals surface area contributed by atoms with E-state index >= 15 is 0 Å². The summed E-state index contributed by atoms with van der Waals surface area (Å²) in [6.07, 6.45) is 3.96. The maximum Gasteiger partial charge on any atom is 0.0708 e. The van der Waals surface area contributed by atoms with Gasteiger partial charge in [-0.15, -0.1) is 0 Å². The molecular formula is C48H31ClN2. The Kier molecular flexibility index (Phi) is 7.92. The lowest BCUT2D eigenvalue weighted by molar-refractivity contribution is 1.33. The Morgan fingerprint density at radius 2 is 0.686 bits per heavy atom. The van der Waals surface area contributed by atoms with Crippen molar-refractivity contribution in [2.24, 2.45) is 0 Å². The Balaban J connectivity index is 1.07. The first-order valence-electron chi connectivity index (χ1n) is 17.1. The van der Waals surface area contributed by atoms with Gasteiger partial charge in [0.2, 0.25) is 0 Å². The minimum Gasteiger partial charge on any atom is -0.256 e. The molecule has 0 amide bonds. The summed E-state index contributed by atoms with van der Waals surface area (Å²) in [4.78, 5) is 9.89. The predicted octanol–water partition coefficient (Wildman–Crippen LogP) is 13.4. The summed E-state index contributed by atoms with van der Waals surface area (Å²) >= 11 is 6.89. The van der Waals surface area contributed by atoms with Crippen LogP contribution in [0.5, 0.6) is 0 Å². The molecule has 0 saturated heterocycles. The molecule has 7 aromatic carbocycles. The first-order valence-corrected chi connectivity index (χ1v) is 17.5. The van der Waals surface area contributed by atoms with Crippen LogP contribution < -0.4 is 0 Å². The molecule has 9 aromatic rings. The fourth-order valence-electron chi connectivity index (χ4n) is 7.20. The second-order valence-corrected chi connectivity index (χ2v) is 13.2. The summed E-state index contributed by atoms with van der Waals surface area (Å²) < 4.78 is 0. The van der Waals surface area contributed by atoms with E-state index in [4.69, 9.17) is 21.6 Å². The monoisotopic (exact) mass is 670 g/mol. The number of fused-ring (bicyclic) bond motifs is 2. The molecule has 0 bridgehead atoms. The van der Waals surface area contributed by atoms with Crippen LogP contribution in [0.4, 0.5) is 0 Å². The number of hydrogen-bond donors (Lipinski definition) is 0. The van der Waals surface area contributed by atoms with Crippen LogP contribution in [0.2, 0.25) is 5.02 Å². The number of rotatable bonds is 6. The van der Waals surface area contributed by atoms with Crippen molar-refractivity contribution < 1.29 is 0 Å². The summed E-state index contributed by atoms with van der Waals surface area (Å²) in [5, 5.41) is 5.49. The Bertz CT molecular complexity index is 2500. The van der Waals surface area contributed by atoms with E-state index in [0.29, 0.717) is 5.02 Å². The van der Waals surface area contributed by atoms with Gasteiger partial charge in [0.15, 0.2) is 0 Å². The smallest absolute Gasteiger partial charge is 0.0708 e. The lowest BCUT2D eigenvalue weighted by atomic mass is 9.90. The van der Waals surface area contributed by atoms with Crippen molar-refractivity contribution in [2.75, 3.05) is 0 Å². The van der Waals surface area contributed by atoms with Crippen LogP contribution in [0.25, 0.3) is 88.6 Å². The number of halogens is 1. The zero-order valence-corrected chi connectivity index (χ0v) is 28.4. The number of pyridine rings is 2. The SMILES string of the molecule is Clc1cc(-c2ccccc2-c2ccc(-c3cccc4ccccc34)nc2)cc(-c2ccccc2-c2ccc(-c3cccc4ccccc34)nc2)c1. The van der Waals surface area contributed by atoms with E-state index in [1.807, 2.05) is 24.5 Å². The van der Waals surface area contributed by atoms with Crippen LogP contribution >= 0.6 is 11.6 Å². The molecule has 0 atom stereocenters. The Hall–Kier alpha value is -6.35. The minimum absolute atomic E-state index is 0.681. The van der Waals surface area contributed by atoms with Crippen molar-refractivity contribution in [2.45, 2.75) is 0 Å². The quantitative estimate of drug-likeness (QED) is 0.176. The van der Waals surface area contributed by atoms with Crippen molar-refractivity contribution in [3.8, 4) is 67.0 Å². The summed E-state index contributed by atoms with van der Waals surface area (Å²) in [7, 11) is 0. The molecule has 2 nitrogen and oxygen atoms in total. The molecule has 9 rings (SSSR count). The third-order valence-electron chi connectivity index (χ3n) is 9.65. The van der Waals surface area contributed by atoms with Gasteiger partial charge in [0, 0.05) is 39.7 Å². The van der Waals surface area contributed by atoms with E-state index in [1.165, 1.54) is 21.5 Å². The van der Waals surface area contributed by atoms with Gasteiger partial charge in [-0.1, -0.05) is 157 Å². The summed E-state index contributed by atoms with van der Waals surface area (Å²) in [6.45, 7) is 0. The van der Waals surface area contributed by atoms with Gasteiger partial charge in [0.25, 0.3) is 0 Å². The second-order valence-electron chi connectivity index (χ2n) is 12.7. The van der Waals surface area contributed by atoms with E-state index in [-0.39, 0.29) is 0 Å². The van der Waals surface area contributed by atoms with Crippen molar-refractivity contribution >= 4 is 33.1 Å². The highest BCUT2D eigenvalue weighted by Gasteiger charge is 2.14. The highest BCUT2D eigenvalue weighted by molar-refractivity contribution is 6.31. The maximum atomic E-state index is 6.89. The van der Waals surface area contributed by atoms with Gasteiger partial charge in [-0.25, -0.2) is 0 Å². The van der Waals surface area contributed by atoms with Crippen molar-refractivity contribution in [3.63, 3.8) is 0 Å². The predicted molar refractivity (Wildman–Crippen MR) is 215 cm³/mol. The van der Waals surface area contributed by atoms with Gasteiger partial charge in [0.1, 0.15) is 0 Å². The molecule has 0 aliphatic heterocycles. The Morgan fingerprint density at radius 1 is 0.314 bits per heavy atom. The third kappa shape index (κ3) is 5.86. The van der Waals surface area contributed by atoms with Gasteiger partial charge in [-0.2, -0.15) is 0 Å². The normalized spacial score (nSPS) is 11.2. The summed E-state index contributed by atoms with van der Waals surface area (Å²) in [6, 6.07) is 61.5. The molecule has 0 aliphatic carbocycles. The van der Waals surface area contributed by atoms with E-state index in [9.17, 15) is 0 Å². The molecule has 0 fully saturated rings. The van der Waals surface area contributed by atoms with Crippen LogP contribution in [-0.2, 0) is 0 Å². The molecule has 0 spiro atoms.